The van der Waals surface area contributed by atoms with Gasteiger partial charge in [0.2, 0.25) is 5.28 Å². The lowest BCUT2D eigenvalue weighted by atomic mass is 10.2. The molecule has 0 bridgehead atoms. The molecule has 0 aliphatic heterocycles. The molecule has 15 heavy (non-hydrogen) atoms. The van der Waals surface area contributed by atoms with E-state index in [1.165, 1.54) is 18.2 Å². The Hall–Kier alpha value is -1.59. The van der Waals surface area contributed by atoms with Gasteiger partial charge in [-0.2, -0.15) is 0 Å². The van der Waals surface area contributed by atoms with Crippen molar-refractivity contribution < 1.29 is 5.11 Å². The number of phenolic OH excluding ortho intramolecular Hbond substituents is 1. The summed E-state index contributed by atoms with van der Waals surface area (Å²) >= 11 is 5.76. The van der Waals surface area contributed by atoms with Crippen LogP contribution in [0.4, 0.5) is 0 Å². The Kier molecular flexibility index (Phi) is 2.34. The van der Waals surface area contributed by atoms with Crippen molar-refractivity contribution in [1.29, 1.82) is 0 Å². The zero-order valence-corrected chi connectivity index (χ0v) is 8.40. The Morgan fingerprint density at radius 3 is 2.93 bits per heavy atom. The number of halogens is 1. The molecule has 5 nitrogen and oxygen atoms in total. The second-order valence-electron chi connectivity index (χ2n) is 3.00. The lowest BCUT2D eigenvalue weighted by Crippen LogP contribution is -2.25. The van der Waals surface area contributed by atoms with Crippen molar-refractivity contribution in [3.05, 3.63) is 33.8 Å². The predicted octanol–water partition coefficient (Wildman–Crippen LogP) is 0.672. The van der Waals surface area contributed by atoms with Crippen molar-refractivity contribution >= 4 is 22.5 Å². The molecule has 0 spiro atoms. The van der Waals surface area contributed by atoms with Gasteiger partial charge in [-0.3, -0.25) is 9.36 Å². The van der Waals surface area contributed by atoms with Crippen LogP contribution < -0.4 is 11.3 Å². The van der Waals surface area contributed by atoms with Gasteiger partial charge >= 0.3 is 0 Å². The molecule has 2 aromatic rings. The van der Waals surface area contributed by atoms with E-state index in [0.29, 0.717) is 10.9 Å². The Balaban J connectivity index is 2.92. The molecule has 0 fully saturated rings. The van der Waals surface area contributed by atoms with Crippen LogP contribution in [0.25, 0.3) is 10.9 Å². The van der Waals surface area contributed by atoms with Crippen LogP contribution >= 0.6 is 11.6 Å². The van der Waals surface area contributed by atoms with Gasteiger partial charge in [0, 0.05) is 0 Å². The smallest absolute Gasteiger partial charge is 0.263 e. The molecule has 6 heteroatoms. The van der Waals surface area contributed by atoms with Crippen LogP contribution in [-0.4, -0.2) is 14.7 Å². The van der Waals surface area contributed by atoms with Gasteiger partial charge in [0.25, 0.3) is 5.56 Å². The summed E-state index contributed by atoms with van der Waals surface area (Å²) in [6.07, 6.45) is 0. The van der Waals surface area contributed by atoms with Crippen LogP contribution in [0.2, 0.25) is 5.28 Å². The van der Waals surface area contributed by atoms with Crippen molar-refractivity contribution in [2.75, 3.05) is 0 Å². The molecule has 2 rings (SSSR count). The number of nitrogens with two attached hydrogens (primary N) is 1. The SMILES string of the molecule is NCn1c(Cl)nc2ccc(O)cc2c1=O. The molecule has 0 amide bonds. The van der Waals surface area contributed by atoms with Gasteiger partial charge in [-0.25, -0.2) is 4.98 Å². The third kappa shape index (κ3) is 1.55. The first-order chi connectivity index (χ1) is 7.13. The fourth-order valence-electron chi connectivity index (χ4n) is 1.34. The Morgan fingerprint density at radius 2 is 2.27 bits per heavy atom. The van der Waals surface area contributed by atoms with Gasteiger partial charge in [0.15, 0.2) is 0 Å². The van der Waals surface area contributed by atoms with Crippen LogP contribution in [0.15, 0.2) is 23.0 Å². The highest BCUT2D eigenvalue weighted by Crippen LogP contribution is 2.16. The maximum Gasteiger partial charge on any atom is 0.263 e. The van der Waals surface area contributed by atoms with E-state index in [0.717, 1.165) is 4.57 Å². The molecule has 0 aliphatic carbocycles. The standard InChI is InChI=1S/C9H8ClN3O2/c10-9-12-7-2-1-5(14)3-6(7)8(15)13(9)4-11/h1-3,14H,4,11H2. The number of benzene rings is 1. The first-order valence-electron chi connectivity index (χ1n) is 4.22. The van der Waals surface area contributed by atoms with E-state index in [-0.39, 0.29) is 23.3 Å². The van der Waals surface area contributed by atoms with E-state index in [1.54, 1.807) is 0 Å². The van der Waals surface area contributed by atoms with Gasteiger partial charge in [-0.05, 0) is 29.8 Å². The average molecular weight is 226 g/mol. The van der Waals surface area contributed by atoms with Gasteiger partial charge in [-0.15, -0.1) is 0 Å². The summed E-state index contributed by atoms with van der Waals surface area (Å²) in [5, 5.41) is 9.59. The molecule has 0 atom stereocenters. The van der Waals surface area contributed by atoms with Crippen molar-refractivity contribution in [2.24, 2.45) is 5.73 Å². The molecule has 1 heterocycles. The van der Waals surface area contributed by atoms with E-state index in [1.807, 2.05) is 0 Å². The minimum absolute atomic E-state index is 0.00675. The highest BCUT2D eigenvalue weighted by molar-refractivity contribution is 6.28. The molecule has 3 N–H and O–H groups in total. The second-order valence-corrected chi connectivity index (χ2v) is 3.34. The number of nitrogens with zero attached hydrogens (tertiary/aromatic N) is 2. The van der Waals surface area contributed by atoms with Gasteiger partial charge in [0.1, 0.15) is 5.75 Å². The first kappa shape index (κ1) is 9.95. The topological polar surface area (TPSA) is 81.1 Å². The van der Waals surface area contributed by atoms with E-state index < -0.39 is 0 Å². The summed E-state index contributed by atoms with van der Waals surface area (Å²) in [6, 6.07) is 4.31. The first-order valence-corrected chi connectivity index (χ1v) is 4.60. The van der Waals surface area contributed by atoms with Crippen molar-refractivity contribution in [1.82, 2.24) is 9.55 Å². The number of hydrogen-bond acceptors (Lipinski definition) is 4. The maximum absolute atomic E-state index is 11.8. The van der Waals surface area contributed by atoms with Crippen LogP contribution in [0.3, 0.4) is 0 Å². The van der Waals surface area contributed by atoms with E-state index in [4.69, 9.17) is 17.3 Å². The number of hydrogen-bond donors (Lipinski definition) is 2. The van der Waals surface area contributed by atoms with Gasteiger partial charge < -0.3 is 10.8 Å². The van der Waals surface area contributed by atoms with Crippen molar-refractivity contribution in [2.45, 2.75) is 6.67 Å². The molecule has 0 saturated carbocycles. The molecule has 1 aromatic heterocycles. The van der Waals surface area contributed by atoms with Crippen LogP contribution in [0.1, 0.15) is 0 Å². The number of phenols is 1. The van der Waals surface area contributed by atoms with Crippen LogP contribution in [0.5, 0.6) is 5.75 Å². The monoisotopic (exact) mass is 225 g/mol. The fraction of sp³-hybridized carbons (Fsp3) is 0.111. The Morgan fingerprint density at radius 1 is 1.53 bits per heavy atom. The molecular weight excluding hydrogens is 218 g/mol. The molecular formula is C9H8ClN3O2. The van der Waals surface area contributed by atoms with Gasteiger partial charge in [0.05, 0.1) is 17.6 Å². The lowest BCUT2D eigenvalue weighted by Gasteiger charge is -2.06. The minimum Gasteiger partial charge on any atom is -0.508 e. The summed E-state index contributed by atoms with van der Waals surface area (Å²) in [7, 11) is 0. The summed E-state index contributed by atoms with van der Waals surface area (Å²) in [5.41, 5.74) is 5.44. The normalized spacial score (nSPS) is 10.8. The number of aromatic hydroxyl groups is 1. The quantitative estimate of drug-likeness (QED) is 0.699. The average Bonchev–Trinajstić information content (AvgIpc) is 2.20. The zero-order chi connectivity index (χ0) is 11.0. The minimum atomic E-state index is -0.358. The molecule has 0 radical (unpaired) electrons. The van der Waals surface area contributed by atoms with Gasteiger partial charge in [-0.1, -0.05) is 0 Å². The van der Waals surface area contributed by atoms with Crippen molar-refractivity contribution in [3.63, 3.8) is 0 Å². The highest BCUT2D eigenvalue weighted by atomic mass is 35.5. The fourth-order valence-corrected chi connectivity index (χ4v) is 1.58. The van der Waals surface area contributed by atoms with E-state index >= 15 is 0 Å². The maximum atomic E-state index is 11.8. The third-order valence-corrected chi connectivity index (χ3v) is 2.36. The predicted molar refractivity (Wildman–Crippen MR) is 56.9 cm³/mol. The third-order valence-electron chi connectivity index (χ3n) is 2.07. The summed E-state index contributed by atoms with van der Waals surface area (Å²) in [5.74, 6) is 0.00675. The molecule has 0 saturated heterocycles. The second kappa shape index (κ2) is 3.52. The Labute approximate surface area is 89.7 Å². The Bertz CT molecular complexity index is 579. The largest absolute Gasteiger partial charge is 0.508 e. The highest BCUT2D eigenvalue weighted by Gasteiger charge is 2.08. The van der Waals surface area contributed by atoms with E-state index in [9.17, 15) is 9.90 Å². The molecule has 0 unspecified atom stereocenters. The number of aromatic nitrogens is 2. The van der Waals surface area contributed by atoms with Crippen molar-refractivity contribution in [3.8, 4) is 5.75 Å². The molecule has 78 valence electrons. The number of rotatable bonds is 1. The lowest BCUT2D eigenvalue weighted by molar-refractivity contribution is 0.476. The molecule has 1 aromatic carbocycles. The summed E-state index contributed by atoms with van der Waals surface area (Å²) < 4.78 is 1.13. The van der Waals surface area contributed by atoms with E-state index in [2.05, 4.69) is 4.98 Å². The van der Waals surface area contributed by atoms with Crippen LogP contribution in [0, 0.1) is 0 Å². The number of fused-ring (bicyclic) bond motifs is 1. The zero-order valence-electron chi connectivity index (χ0n) is 7.64. The van der Waals surface area contributed by atoms with Crippen LogP contribution in [-0.2, 0) is 6.67 Å². The summed E-state index contributed by atoms with van der Waals surface area (Å²) in [6.45, 7) is -0.0454. The summed E-state index contributed by atoms with van der Waals surface area (Å²) in [4.78, 5) is 15.8. The molecule has 0 aliphatic rings.